The Kier molecular flexibility index (Phi) is 2.91. The van der Waals surface area contributed by atoms with Gasteiger partial charge in [0, 0.05) is 0 Å². The molecule has 1 amide bonds. The monoisotopic (exact) mass is 234 g/mol. The molecule has 0 aromatic heterocycles. The topological polar surface area (TPSA) is 50.7 Å². The lowest BCUT2D eigenvalue weighted by Crippen LogP contribution is -2.21. The third kappa shape index (κ3) is 2.33. The summed E-state index contributed by atoms with van der Waals surface area (Å²) in [6, 6.07) is 4.46. The number of halogens is 1. The molecule has 0 saturated heterocycles. The Hall–Kier alpha value is -2.17. The van der Waals surface area contributed by atoms with Crippen molar-refractivity contribution < 1.29 is 13.9 Å². The maximum Gasteiger partial charge on any atom is 0.275 e. The van der Waals surface area contributed by atoms with Gasteiger partial charge in [-0.05, 0) is 30.7 Å². The summed E-state index contributed by atoms with van der Waals surface area (Å²) in [5.41, 5.74) is 0.832. The predicted molar refractivity (Wildman–Crippen MR) is 62.2 cm³/mol. The maximum absolute atomic E-state index is 13.4. The number of carbonyl (C=O) groups excluding carboxylic acids is 1. The molecule has 4 nitrogen and oxygen atoms in total. The maximum atomic E-state index is 13.4. The first-order valence-corrected chi connectivity index (χ1v) is 5.02. The Morgan fingerprint density at radius 2 is 2.24 bits per heavy atom. The number of amidine groups is 1. The highest BCUT2D eigenvalue weighted by atomic mass is 19.1. The summed E-state index contributed by atoms with van der Waals surface area (Å²) in [5, 5.41) is 2.55. The van der Waals surface area contributed by atoms with E-state index in [4.69, 9.17) is 4.74 Å². The van der Waals surface area contributed by atoms with Crippen molar-refractivity contribution in [2.75, 3.05) is 7.11 Å². The lowest BCUT2D eigenvalue weighted by Gasteiger charge is -2.02. The van der Waals surface area contributed by atoms with E-state index in [9.17, 15) is 9.18 Å². The SMILES string of the molecule is COc1ccc(/C=C2/N=C(C)NC2=O)cc1F. The number of aliphatic imine (C=N–C) groups is 1. The van der Waals surface area contributed by atoms with E-state index in [0.717, 1.165) is 0 Å². The van der Waals surface area contributed by atoms with Gasteiger partial charge in [-0.25, -0.2) is 9.38 Å². The second-order valence-electron chi connectivity index (χ2n) is 3.57. The van der Waals surface area contributed by atoms with E-state index in [-0.39, 0.29) is 17.4 Å². The standard InChI is InChI=1S/C12H11FN2O2/c1-7-14-10(12(16)15-7)6-8-3-4-11(17-2)9(13)5-8/h3-6H,1-2H3,(H,14,15,16)/b10-6+. The number of nitrogens with one attached hydrogen (secondary N) is 1. The third-order valence-corrected chi connectivity index (χ3v) is 2.29. The zero-order valence-electron chi connectivity index (χ0n) is 9.45. The van der Waals surface area contributed by atoms with Gasteiger partial charge in [0.1, 0.15) is 11.5 Å². The molecule has 1 N–H and O–H groups in total. The van der Waals surface area contributed by atoms with Crippen LogP contribution in [0.15, 0.2) is 28.9 Å². The van der Waals surface area contributed by atoms with Crippen LogP contribution < -0.4 is 10.1 Å². The van der Waals surface area contributed by atoms with E-state index in [1.54, 1.807) is 13.0 Å². The number of rotatable bonds is 2. The van der Waals surface area contributed by atoms with Gasteiger partial charge >= 0.3 is 0 Å². The van der Waals surface area contributed by atoms with Crippen LogP contribution in [0.2, 0.25) is 0 Å². The van der Waals surface area contributed by atoms with Crippen LogP contribution in [0.3, 0.4) is 0 Å². The van der Waals surface area contributed by atoms with Crippen LogP contribution in [0.25, 0.3) is 6.08 Å². The highest BCUT2D eigenvalue weighted by Crippen LogP contribution is 2.20. The quantitative estimate of drug-likeness (QED) is 0.792. The molecule has 0 atom stereocenters. The fourth-order valence-electron chi connectivity index (χ4n) is 1.52. The van der Waals surface area contributed by atoms with Crippen molar-refractivity contribution in [1.29, 1.82) is 0 Å². The van der Waals surface area contributed by atoms with Gasteiger partial charge in [-0.2, -0.15) is 0 Å². The Morgan fingerprint density at radius 1 is 1.47 bits per heavy atom. The number of hydrogen-bond donors (Lipinski definition) is 1. The third-order valence-electron chi connectivity index (χ3n) is 2.29. The molecule has 1 aliphatic rings. The van der Waals surface area contributed by atoms with Crippen molar-refractivity contribution in [3.63, 3.8) is 0 Å². The van der Waals surface area contributed by atoms with Crippen molar-refractivity contribution in [1.82, 2.24) is 5.32 Å². The molecule has 0 fully saturated rings. The van der Waals surface area contributed by atoms with Crippen LogP contribution in [0, 0.1) is 5.82 Å². The van der Waals surface area contributed by atoms with Gasteiger partial charge in [0.2, 0.25) is 0 Å². The first-order chi connectivity index (χ1) is 8.10. The van der Waals surface area contributed by atoms with Gasteiger partial charge in [-0.15, -0.1) is 0 Å². The molecule has 0 saturated carbocycles. The zero-order valence-corrected chi connectivity index (χ0v) is 9.45. The minimum atomic E-state index is -0.471. The Balaban J connectivity index is 2.33. The van der Waals surface area contributed by atoms with E-state index in [1.807, 2.05) is 0 Å². The molecule has 0 unspecified atom stereocenters. The molecule has 17 heavy (non-hydrogen) atoms. The number of nitrogens with zero attached hydrogens (tertiary/aromatic N) is 1. The Bertz CT molecular complexity index is 535. The van der Waals surface area contributed by atoms with Crippen molar-refractivity contribution in [2.24, 2.45) is 4.99 Å². The van der Waals surface area contributed by atoms with E-state index in [0.29, 0.717) is 11.4 Å². The summed E-state index contributed by atoms with van der Waals surface area (Å²) < 4.78 is 18.2. The molecule has 1 heterocycles. The van der Waals surface area contributed by atoms with E-state index >= 15 is 0 Å². The second-order valence-corrected chi connectivity index (χ2v) is 3.57. The molecule has 0 spiro atoms. The molecular weight excluding hydrogens is 223 g/mol. The molecule has 1 aliphatic heterocycles. The van der Waals surface area contributed by atoms with Gasteiger partial charge in [0.15, 0.2) is 11.6 Å². The van der Waals surface area contributed by atoms with Gasteiger partial charge in [-0.1, -0.05) is 6.07 Å². The molecule has 0 bridgehead atoms. The summed E-state index contributed by atoms with van der Waals surface area (Å²) in [5.74, 6) is -0.0439. The molecule has 1 aromatic carbocycles. The van der Waals surface area contributed by atoms with Gasteiger partial charge in [0.05, 0.1) is 7.11 Å². The van der Waals surface area contributed by atoms with Crippen LogP contribution in [0.5, 0.6) is 5.75 Å². The highest BCUT2D eigenvalue weighted by Gasteiger charge is 2.16. The highest BCUT2D eigenvalue weighted by molar-refractivity contribution is 6.13. The molecule has 0 aliphatic carbocycles. The van der Waals surface area contributed by atoms with Crippen LogP contribution >= 0.6 is 0 Å². The Labute approximate surface area is 97.8 Å². The fourth-order valence-corrected chi connectivity index (χ4v) is 1.52. The van der Waals surface area contributed by atoms with Gasteiger partial charge in [-0.3, -0.25) is 4.79 Å². The molecule has 2 rings (SSSR count). The van der Waals surface area contributed by atoms with Gasteiger partial charge in [0.25, 0.3) is 5.91 Å². The molecule has 88 valence electrons. The molecular formula is C12H11FN2O2. The fraction of sp³-hybridized carbons (Fsp3) is 0.167. The number of ether oxygens (including phenoxy) is 1. The number of carbonyl (C=O) groups is 1. The number of hydrogen-bond acceptors (Lipinski definition) is 3. The summed E-state index contributed by atoms with van der Waals surface area (Å²) in [4.78, 5) is 15.4. The first kappa shape index (κ1) is 11.3. The van der Waals surface area contributed by atoms with Crippen molar-refractivity contribution in [2.45, 2.75) is 6.92 Å². The van der Waals surface area contributed by atoms with Crippen LogP contribution in [-0.4, -0.2) is 18.9 Å². The van der Waals surface area contributed by atoms with Crippen LogP contribution in [0.1, 0.15) is 12.5 Å². The summed E-state index contributed by atoms with van der Waals surface area (Å²) >= 11 is 0. The summed E-state index contributed by atoms with van der Waals surface area (Å²) in [7, 11) is 1.40. The largest absolute Gasteiger partial charge is 0.494 e. The van der Waals surface area contributed by atoms with Crippen LogP contribution in [-0.2, 0) is 4.79 Å². The average Bonchev–Trinajstić information content (AvgIpc) is 2.58. The minimum absolute atomic E-state index is 0.169. The lowest BCUT2D eigenvalue weighted by molar-refractivity contribution is -0.115. The molecule has 5 heteroatoms. The van der Waals surface area contributed by atoms with E-state index in [2.05, 4.69) is 10.3 Å². The van der Waals surface area contributed by atoms with Crippen molar-refractivity contribution in [3.05, 3.63) is 35.3 Å². The summed E-state index contributed by atoms with van der Waals surface area (Å²) in [6.45, 7) is 1.69. The predicted octanol–water partition coefficient (Wildman–Crippen LogP) is 1.72. The van der Waals surface area contributed by atoms with E-state index < -0.39 is 5.82 Å². The lowest BCUT2D eigenvalue weighted by atomic mass is 10.2. The van der Waals surface area contributed by atoms with Crippen LogP contribution in [0.4, 0.5) is 4.39 Å². The number of methoxy groups -OCH3 is 1. The molecule has 1 aromatic rings. The van der Waals surface area contributed by atoms with E-state index in [1.165, 1.54) is 25.3 Å². The first-order valence-electron chi connectivity index (χ1n) is 5.02. The summed E-state index contributed by atoms with van der Waals surface area (Å²) in [6.07, 6.45) is 1.52. The number of benzene rings is 1. The molecule has 0 radical (unpaired) electrons. The average molecular weight is 234 g/mol. The van der Waals surface area contributed by atoms with Crippen molar-refractivity contribution in [3.8, 4) is 5.75 Å². The van der Waals surface area contributed by atoms with Gasteiger partial charge < -0.3 is 10.1 Å². The Morgan fingerprint density at radius 3 is 2.76 bits per heavy atom. The second kappa shape index (κ2) is 4.37. The minimum Gasteiger partial charge on any atom is -0.494 e. The normalized spacial score (nSPS) is 17.0. The smallest absolute Gasteiger partial charge is 0.275 e. The number of amides is 1. The van der Waals surface area contributed by atoms with Crippen molar-refractivity contribution >= 4 is 17.8 Å². The zero-order chi connectivity index (χ0) is 12.4.